The Hall–Kier alpha value is -1.33. The summed E-state index contributed by atoms with van der Waals surface area (Å²) in [5.74, 6) is 0. The third-order valence-electron chi connectivity index (χ3n) is 12.8. The highest BCUT2D eigenvalue weighted by Gasteiger charge is 2.48. The van der Waals surface area contributed by atoms with Gasteiger partial charge in [-0.1, -0.05) is 181 Å². The summed E-state index contributed by atoms with van der Waals surface area (Å²) >= 11 is 0. The molecule has 0 radical (unpaired) electrons. The molecule has 0 spiro atoms. The van der Waals surface area contributed by atoms with Gasteiger partial charge in [0, 0.05) is 13.1 Å². The summed E-state index contributed by atoms with van der Waals surface area (Å²) in [5.41, 5.74) is 2.60. The Kier molecular flexibility index (Phi) is 19.4. The van der Waals surface area contributed by atoms with E-state index in [1.165, 1.54) is 56.1 Å². The first kappa shape index (κ1) is 48.8. The van der Waals surface area contributed by atoms with Crippen molar-refractivity contribution in [3.05, 3.63) is 83.9 Å². The SMILES string of the molecule is CCCCCCCCC/C=C/[C@@H](O[Si](C)(C)C(C)(C)C)[C@@H](O[Si](C)(C)C(C)(C)C)[C@H](CO[Si](C)(C)C(C)(C)C)N(Cc1ccccc1)Cc1ccccc1. The maximum atomic E-state index is 7.80. The van der Waals surface area contributed by atoms with Crippen LogP contribution in [0.15, 0.2) is 72.8 Å². The van der Waals surface area contributed by atoms with Gasteiger partial charge in [0.15, 0.2) is 25.0 Å². The zero-order chi connectivity index (χ0) is 40.8. The molecule has 0 bridgehead atoms. The summed E-state index contributed by atoms with van der Waals surface area (Å²) in [6.07, 6.45) is 14.7. The molecule has 0 aliphatic rings. The summed E-state index contributed by atoms with van der Waals surface area (Å²) in [4.78, 5) is 2.65. The molecule has 2 rings (SSSR count). The summed E-state index contributed by atoms with van der Waals surface area (Å²) in [6, 6.07) is 21.9. The van der Waals surface area contributed by atoms with Crippen molar-refractivity contribution in [2.24, 2.45) is 0 Å². The fourth-order valence-corrected chi connectivity index (χ4v) is 9.50. The highest BCUT2D eigenvalue weighted by molar-refractivity contribution is 6.75. The van der Waals surface area contributed by atoms with Crippen LogP contribution in [0.3, 0.4) is 0 Å². The van der Waals surface area contributed by atoms with Crippen LogP contribution in [0.25, 0.3) is 0 Å². The van der Waals surface area contributed by atoms with Crippen molar-refractivity contribution in [2.45, 2.75) is 206 Å². The highest BCUT2D eigenvalue weighted by atomic mass is 28.4. The minimum absolute atomic E-state index is 0.0305. The van der Waals surface area contributed by atoms with E-state index < -0.39 is 25.0 Å². The molecule has 0 heterocycles. The van der Waals surface area contributed by atoms with E-state index in [2.05, 4.69) is 186 Å². The van der Waals surface area contributed by atoms with Crippen molar-refractivity contribution < 1.29 is 13.3 Å². The van der Waals surface area contributed by atoms with E-state index in [1.807, 2.05) is 0 Å². The van der Waals surface area contributed by atoms with Gasteiger partial charge in [0.2, 0.25) is 0 Å². The minimum Gasteiger partial charge on any atom is -0.415 e. The van der Waals surface area contributed by atoms with Crippen molar-refractivity contribution in [1.29, 1.82) is 0 Å². The second kappa shape index (κ2) is 21.4. The third kappa shape index (κ3) is 15.9. The van der Waals surface area contributed by atoms with Crippen molar-refractivity contribution in [3.63, 3.8) is 0 Å². The van der Waals surface area contributed by atoms with E-state index in [0.717, 1.165) is 19.5 Å². The fraction of sp³-hybridized carbons (Fsp3) is 0.702. The zero-order valence-electron chi connectivity index (χ0n) is 38.1. The van der Waals surface area contributed by atoms with Gasteiger partial charge in [0.25, 0.3) is 0 Å². The Bertz CT molecular complexity index is 1300. The van der Waals surface area contributed by atoms with Crippen LogP contribution in [0.5, 0.6) is 0 Å². The lowest BCUT2D eigenvalue weighted by Gasteiger charge is -2.49. The molecule has 0 amide bonds. The van der Waals surface area contributed by atoms with Gasteiger partial charge in [-0.3, -0.25) is 4.90 Å². The standard InChI is InChI=1S/C47H85NO3Si3/c1-17-18-19-20-21-22-23-24-31-36-43(50-53(13,14)46(5,6)7)44(51-54(15,16)47(8,9)10)42(39-49-52(11,12)45(2,3)4)48(37-40-32-27-25-28-33-40)38-41-34-29-26-30-35-41/h25-36,42-44H,17-24,37-39H2,1-16H3/b36-31+/t42-,43+,44-/m0/s1. The predicted octanol–water partition coefficient (Wildman–Crippen LogP) is 14.6. The molecule has 2 aromatic carbocycles. The Balaban J connectivity index is 2.82. The summed E-state index contributed by atoms with van der Waals surface area (Å²) in [7, 11) is -6.66. The van der Waals surface area contributed by atoms with Crippen LogP contribution in [-0.4, -0.2) is 54.7 Å². The molecule has 7 heteroatoms. The van der Waals surface area contributed by atoms with Gasteiger partial charge < -0.3 is 13.3 Å². The van der Waals surface area contributed by atoms with Gasteiger partial charge >= 0.3 is 0 Å². The maximum absolute atomic E-state index is 7.80. The van der Waals surface area contributed by atoms with Gasteiger partial charge in [-0.05, 0) is 78.4 Å². The summed E-state index contributed by atoms with van der Waals surface area (Å²) < 4.78 is 22.7. The van der Waals surface area contributed by atoms with E-state index in [1.54, 1.807) is 0 Å². The normalized spacial score (nSPS) is 15.6. The monoisotopic (exact) mass is 796 g/mol. The lowest BCUT2D eigenvalue weighted by atomic mass is 10.0. The molecule has 0 saturated carbocycles. The number of unbranched alkanes of at least 4 members (excludes halogenated alkanes) is 7. The van der Waals surface area contributed by atoms with Crippen LogP contribution in [0.1, 0.15) is 132 Å². The molecule has 308 valence electrons. The Morgan fingerprint density at radius 3 is 1.44 bits per heavy atom. The largest absolute Gasteiger partial charge is 0.415 e. The molecule has 54 heavy (non-hydrogen) atoms. The van der Waals surface area contributed by atoms with Crippen LogP contribution in [0.2, 0.25) is 54.4 Å². The molecule has 0 aromatic heterocycles. The lowest BCUT2D eigenvalue weighted by molar-refractivity contribution is -0.0304. The van der Waals surface area contributed by atoms with E-state index in [9.17, 15) is 0 Å². The minimum atomic E-state index is -2.30. The van der Waals surface area contributed by atoms with Crippen molar-refractivity contribution >= 4 is 25.0 Å². The second-order valence-corrected chi connectivity index (χ2v) is 34.9. The molecular weight excluding hydrogens is 711 g/mol. The maximum Gasteiger partial charge on any atom is 0.193 e. The predicted molar refractivity (Wildman–Crippen MR) is 245 cm³/mol. The lowest BCUT2D eigenvalue weighted by Crippen LogP contribution is -2.60. The van der Waals surface area contributed by atoms with E-state index in [-0.39, 0.29) is 33.4 Å². The first-order valence-electron chi connectivity index (χ1n) is 21.4. The molecule has 0 N–H and O–H groups in total. The molecule has 0 aliphatic carbocycles. The molecular formula is C47H85NO3Si3. The van der Waals surface area contributed by atoms with Gasteiger partial charge in [-0.15, -0.1) is 0 Å². The highest BCUT2D eigenvalue weighted by Crippen LogP contribution is 2.43. The number of rotatable bonds is 23. The van der Waals surface area contributed by atoms with E-state index in [4.69, 9.17) is 13.3 Å². The van der Waals surface area contributed by atoms with Crippen LogP contribution in [0, 0.1) is 0 Å². The topological polar surface area (TPSA) is 30.9 Å². The first-order chi connectivity index (χ1) is 24.9. The number of hydrogen-bond donors (Lipinski definition) is 0. The molecule has 0 fully saturated rings. The van der Waals surface area contributed by atoms with Crippen LogP contribution in [-0.2, 0) is 26.4 Å². The van der Waals surface area contributed by atoms with Crippen LogP contribution in [0.4, 0.5) is 0 Å². The molecule has 2 aromatic rings. The fourth-order valence-electron chi connectivity index (χ4n) is 5.91. The number of hydrogen-bond acceptors (Lipinski definition) is 4. The Morgan fingerprint density at radius 1 is 0.574 bits per heavy atom. The van der Waals surface area contributed by atoms with E-state index in [0.29, 0.717) is 6.61 Å². The molecule has 0 saturated heterocycles. The summed E-state index contributed by atoms with van der Waals surface area (Å²) in [5, 5.41) is 0.174. The van der Waals surface area contributed by atoms with Crippen molar-refractivity contribution in [2.75, 3.05) is 6.61 Å². The zero-order valence-corrected chi connectivity index (χ0v) is 41.1. The molecule has 0 unspecified atom stereocenters. The van der Waals surface area contributed by atoms with Gasteiger partial charge in [0.1, 0.15) is 0 Å². The Morgan fingerprint density at radius 2 is 1.00 bits per heavy atom. The van der Waals surface area contributed by atoms with Gasteiger partial charge in [0.05, 0.1) is 24.9 Å². The molecule has 0 aliphatic heterocycles. The average Bonchev–Trinajstić information content (AvgIpc) is 3.05. The van der Waals surface area contributed by atoms with E-state index >= 15 is 0 Å². The molecule has 3 atom stereocenters. The van der Waals surface area contributed by atoms with Crippen molar-refractivity contribution in [3.8, 4) is 0 Å². The third-order valence-corrected chi connectivity index (χ3v) is 26.3. The number of allylic oxidation sites excluding steroid dienone is 1. The van der Waals surface area contributed by atoms with Gasteiger partial charge in [-0.2, -0.15) is 0 Å². The first-order valence-corrected chi connectivity index (χ1v) is 30.1. The second-order valence-electron chi connectivity index (χ2n) is 20.5. The number of nitrogens with zero attached hydrogens (tertiary/aromatic N) is 1. The smallest absolute Gasteiger partial charge is 0.193 e. The van der Waals surface area contributed by atoms with Crippen LogP contribution < -0.4 is 0 Å². The average molecular weight is 796 g/mol. The quantitative estimate of drug-likeness (QED) is 0.0637. The number of benzene rings is 2. The van der Waals surface area contributed by atoms with Crippen LogP contribution >= 0.6 is 0 Å². The van der Waals surface area contributed by atoms with Gasteiger partial charge in [-0.25, -0.2) is 0 Å². The summed E-state index contributed by atoms with van der Waals surface area (Å²) in [6.45, 7) is 40.1. The van der Waals surface area contributed by atoms with Crippen molar-refractivity contribution in [1.82, 2.24) is 4.90 Å². The molecule has 4 nitrogen and oxygen atoms in total. The Labute approximate surface area is 338 Å².